The predicted molar refractivity (Wildman–Crippen MR) is 77.3 cm³/mol. The first-order valence-corrected chi connectivity index (χ1v) is 7.35. The van der Waals surface area contributed by atoms with Crippen molar-refractivity contribution in [2.45, 2.75) is 37.7 Å². The molecule has 2 aliphatic rings. The van der Waals surface area contributed by atoms with Gasteiger partial charge in [-0.3, -0.25) is 9.88 Å². The molecule has 0 amide bonds. The van der Waals surface area contributed by atoms with Gasteiger partial charge < -0.3 is 9.47 Å². The maximum absolute atomic E-state index is 6.09. The normalized spacial score (nSPS) is 30.1. The first-order chi connectivity index (χ1) is 9.88. The molecule has 0 spiro atoms. The van der Waals surface area contributed by atoms with Crippen molar-refractivity contribution in [3.8, 4) is 0 Å². The number of hydrogen-bond donors (Lipinski definition) is 0. The van der Waals surface area contributed by atoms with Crippen molar-refractivity contribution in [2.75, 3.05) is 19.7 Å². The number of aromatic nitrogens is 1. The van der Waals surface area contributed by atoms with Crippen LogP contribution >= 0.6 is 0 Å². The lowest BCUT2D eigenvalue weighted by molar-refractivity contribution is -0.0815. The minimum absolute atomic E-state index is 0.153. The van der Waals surface area contributed by atoms with Crippen LogP contribution in [-0.4, -0.2) is 47.8 Å². The summed E-state index contributed by atoms with van der Waals surface area (Å²) in [6.45, 7) is 7.16. The molecule has 20 heavy (non-hydrogen) atoms. The summed E-state index contributed by atoms with van der Waals surface area (Å²) in [6.07, 6.45) is 8.31. The maximum Gasteiger partial charge on any atom is 0.100 e. The fourth-order valence-corrected chi connectivity index (χ4v) is 3.21. The van der Waals surface area contributed by atoms with Crippen LogP contribution in [0.1, 0.15) is 18.4 Å². The molecule has 0 N–H and O–H groups in total. The lowest BCUT2D eigenvalue weighted by Gasteiger charge is -2.31. The Hall–Kier alpha value is -1.23. The van der Waals surface area contributed by atoms with Crippen molar-refractivity contribution in [3.05, 3.63) is 42.7 Å². The molecule has 108 valence electrons. The van der Waals surface area contributed by atoms with E-state index in [-0.39, 0.29) is 12.2 Å². The molecule has 1 aromatic heterocycles. The van der Waals surface area contributed by atoms with Crippen LogP contribution < -0.4 is 0 Å². The number of rotatable bonds is 5. The molecule has 0 unspecified atom stereocenters. The summed E-state index contributed by atoms with van der Waals surface area (Å²) in [4.78, 5) is 6.56. The highest BCUT2D eigenvalue weighted by atomic mass is 16.5. The summed E-state index contributed by atoms with van der Waals surface area (Å²) in [6, 6.07) is 4.47. The number of fused-ring (bicyclic) bond motifs is 1. The van der Waals surface area contributed by atoms with E-state index in [2.05, 4.69) is 16.5 Å². The second-order valence-electron chi connectivity index (χ2n) is 5.50. The minimum atomic E-state index is 0.153. The number of pyridine rings is 1. The smallest absolute Gasteiger partial charge is 0.100 e. The topological polar surface area (TPSA) is 34.6 Å². The Bertz CT molecular complexity index is 437. The minimum Gasteiger partial charge on any atom is -0.374 e. The maximum atomic E-state index is 6.09. The SMILES string of the molecule is C=CCN1C[C@@H](OCc2cccnc2)[C@H]2OCCC[C@H]21. The second kappa shape index (κ2) is 6.48. The average molecular weight is 274 g/mol. The van der Waals surface area contributed by atoms with Crippen molar-refractivity contribution in [3.63, 3.8) is 0 Å². The van der Waals surface area contributed by atoms with Crippen LogP contribution in [0.25, 0.3) is 0 Å². The van der Waals surface area contributed by atoms with E-state index < -0.39 is 0 Å². The Balaban J connectivity index is 1.62. The first kappa shape index (κ1) is 13.7. The standard InChI is InChI=1S/C16H22N2O2/c1-2-8-18-11-15(16-14(18)6-4-9-19-16)20-12-13-5-3-7-17-10-13/h2-3,5,7,10,14-16H,1,4,6,8-9,11-12H2/t14-,15-,16+/m1/s1. The zero-order valence-electron chi connectivity index (χ0n) is 11.8. The van der Waals surface area contributed by atoms with E-state index in [0.29, 0.717) is 12.6 Å². The Labute approximate surface area is 120 Å². The van der Waals surface area contributed by atoms with E-state index in [0.717, 1.165) is 31.7 Å². The number of ether oxygens (including phenoxy) is 2. The molecule has 0 bridgehead atoms. The van der Waals surface area contributed by atoms with Gasteiger partial charge in [-0.15, -0.1) is 6.58 Å². The van der Waals surface area contributed by atoms with Crippen LogP contribution in [-0.2, 0) is 16.1 Å². The van der Waals surface area contributed by atoms with Crippen LogP contribution in [0.15, 0.2) is 37.2 Å². The van der Waals surface area contributed by atoms with Crippen LogP contribution in [0.4, 0.5) is 0 Å². The average Bonchev–Trinajstić information content (AvgIpc) is 2.85. The molecular weight excluding hydrogens is 252 g/mol. The fraction of sp³-hybridized carbons (Fsp3) is 0.562. The highest BCUT2D eigenvalue weighted by molar-refractivity contribution is 5.07. The highest BCUT2D eigenvalue weighted by Gasteiger charge is 2.44. The van der Waals surface area contributed by atoms with Gasteiger partial charge in [0.2, 0.25) is 0 Å². The third-order valence-electron chi connectivity index (χ3n) is 4.13. The van der Waals surface area contributed by atoms with Gasteiger partial charge >= 0.3 is 0 Å². The quantitative estimate of drug-likeness (QED) is 0.769. The van der Waals surface area contributed by atoms with Gasteiger partial charge in [-0.25, -0.2) is 0 Å². The van der Waals surface area contributed by atoms with Gasteiger partial charge in [-0.05, 0) is 24.5 Å². The van der Waals surface area contributed by atoms with Crippen molar-refractivity contribution in [2.24, 2.45) is 0 Å². The molecule has 0 aliphatic carbocycles. The molecular formula is C16H22N2O2. The van der Waals surface area contributed by atoms with Crippen LogP contribution in [0, 0.1) is 0 Å². The summed E-state index contributed by atoms with van der Waals surface area (Å²) >= 11 is 0. The predicted octanol–water partition coefficient (Wildman–Crippen LogP) is 2.02. The molecule has 3 heterocycles. The van der Waals surface area contributed by atoms with Crippen molar-refractivity contribution < 1.29 is 9.47 Å². The molecule has 3 atom stereocenters. The van der Waals surface area contributed by atoms with Gasteiger partial charge in [0, 0.05) is 38.1 Å². The van der Waals surface area contributed by atoms with Crippen LogP contribution in [0.5, 0.6) is 0 Å². The first-order valence-electron chi connectivity index (χ1n) is 7.35. The van der Waals surface area contributed by atoms with E-state index in [1.54, 1.807) is 6.20 Å². The van der Waals surface area contributed by atoms with E-state index in [9.17, 15) is 0 Å². The summed E-state index contributed by atoms with van der Waals surface area (Å²) in [7, 11) is 0. The van der Waals surface area contributed by atoms with Crippen LogP contribution in [0.3, 0.4) is 0 Å². The highest BCUT2D eigenvalue weighted by Crippen LogP contribution is 2.30. The van der Waals surface area contributed by atoms with Crippen molar-refractivity contribution in [1.82, 2.24) is 9.88 Å². The van der Waals surface area contributed by atoms with Gasteiger partial charge in [-0.1, -0.05) is 12.1 Å². The van der Waals surface area contributed by atoms with E-state index in [4.69, 9.17) is 9.47 Å². The zero-order chi connectivity index (χ0) is 13.8. The Morgan fingerprint density at radius 1 is 1.55 bits per heavy atom. The molecule has 0 saturated carbocycles. The lowest BCUT2D eigenvalue weighted by Crippen LogP contribution is -2.41. The molecule has 0 radical (unpaired) electrons. The van der Waals surface area contributed by atoms with Gasteiger partial charge in [0.05, 0.1) is 12.7 Å². The third-order valence-corrected chi connectivity index (χ3v) is 4.13. The van der Waals surface area contributed by atoms with Gasteiger partial charge in [0.25, 0.3) is 0 Å². The Morgan fingerprint density at radius 3 is 3.30 bits per heavy atom. The largest absolute Gasteiger partial charge is 0.374 e. The summed E-state index contributed by atoms with van der Waals surface area (Å²) < 4.78 is 12.1. The zero-order valence-corrected chi connectivity index (χ0v) is 11.8. The molecule has 4 nitrogen and oxygen atoms in total. The summed E-state index contributed by atoms with van der Waals surface area (Å²) in [5.41, 5.74) is 1.11. The number of likely N-dealkylation sites (tertiary alicyclic amines) is 1. The molecule has 2 saturated heterocycles. The molecule has 2 fully saturated rings. The fourth-order valence-electron chi connectivity index (χ4n) is 3.21. The number of hydrogen-bond acceptors (Lipinski definition) is 4. The van der Waals surface area contributed by atoms with Crippen molar-refractivity contribution in [1.29, 1.82) is 0 Å². The Kier molecular flexibility index (Phi) is 4.45. The lowest BCUT2D eigenvalue weighted by atomic mass is 10.0. The van der Waals surface area contributed by atoms with Gasteiger partial charge in [0.1, 0.15) is 6.10 Å². The van der Waals surface area contributed by atoms with Crippen molar-refractivity contribution >= 4 is 0 Å². The molecule has 0 aromatic carbocycles. The third kappa shape index (κ3) is 2.92. The molecule has 1 aromatic rings. The van der Waals surface area contributed by atoms with Gasteiger partial charge in [-0.2, -0.15) is 0 Å². The summed E-state index contributed by atoms with van der Waals surface area (Å²) in [5.74, 6) is 0. The number of nitrogens with zero attached hydrogens (tertiary/aromatic N) is 2. The van der Waals surface area contributed by atoms with Gasteiger partial charge in [0.15, 0.2) is 0 Å². The molecule has 2 aliphatic heterocycles. The van der Waals surface area contributed by atoms with E-state index >= 15 is 0 Å². The Morgan fingerprint density at radius 2 is 2.50 bits per heavy atom. The van der Waals surface area contributed by atoms with E-state index in [1.165, 1.54) is 6.42 Å². The molecule has 4 heteroatoms. The summed E-state index contributed by atoms with van der Waals surface area (Å²) in [5, 5.41) is 0. The van der Waals surface area contributed by atoms with Crippen LogP contribution in [0.2, 0.25) is 0 Å². The monoisotopic (exact) mass is 274 g/mol. The van der Waals surface area contributed by atoms with E-state index in [1.807, 2.05) is 24.4 Å². The molecule has 3 rings (SSSR count). The second-order valence-corrected chi connectivity index (χ2v) is 5.50.